The molecule has 55 heavy (non-hydrogen) atoms. The number of aromatic nitrogens is 4. The first-order valence-electron chi connectivity index (χ1n) is 18.5. The molecule has 4 heteroatoms. The van der Waals surface area contributed by atoms with E-state index in [0.717, 1.165) is 55.9 Å². The molecule has 0 spiro atoms. The Kier molecular flexibility index (Phi) is 8.12. The van der Waals surface area contributed by atoms with Crippen molar-refractivity contribution in [1.82, 2.24) is 19.5 Å². The molecular weight excluding hydrogens is 669 g/mol. The van der Waals surface area contributed by atoms with Crippen molar-refractivity contribution in [2.45, 2.75) is 0 Å². The Hall–Kier alpha value is -7.43. The van der Waals surface area contributed by atoms with Crippen LogP contribution in [0.5, 0.6) is 0 Å². The second kappa shape index (κ2) is 13.8. The molecule has 7 aromatic carbocycles. The molecule has 0 fully saturated rings. The zero-order chi connectivity index (χ0) is 36.6. The molecule has 0 aliphatic rings. The number of hydrogen-bond acceptors (Lipinski definition) is 3. The molecule has 0 aliphatic carbocycles. The molecule has 0 unspecified atom stereocenters. The van der Waals surface area contributed by atoms with E-state index in [4.69, 9.17) is 15.0 Å². The van der Waals surface area contributed by atoms with Gasteiger partial charge in [0, 0.05) is 50.4 Å². The summed E-state index contributed by atoms with van der Waals surface area (Å²) in [5.74, 6) is 0.701. The largest absolute Gasteiger partial charge is 0.306 e. The van der Waals surface area contributed by atoms with Crippen LogP contribution < -0.4 is 0 Å². The summed E-state index contributed by atoms with van der Waals surface area (Å²) >= 11 is 0. The predicted molar refractivity (Wildman–Crippen MR) is 227 cm³/mol. The monoisotopic (exact) mass is 702 g/mol. The number of hydrogen-bond donors (Lipinski definition) is 0. The first-order chi connectivity index (χ1) is 27.3. The molecule has 4 nitrogen and oxygen atoms in total. The third-order valence-electron chi connectivity index (χ3n) is 10.3. The first-order valence-corrected chi connectivity index (χ1v) is 18.5. The lowest BCUT2D eigenvalue weighted by atomic mass is 10.0. The van der Waals surface area contributed by atoms with E-state index < -0.39 is 0 Å². The Bertz CT molecular complexity index is 2780. The van der Waals surface area contributed by atoms with Crippen LogP contribution in [0.15, 0.2) is 207 Å². The highest BCUT2D eigenvalue weighted by Crippen LogP contribution is 2.43. The molecule has 0 N–H and O–H groups in total. The summed E-state index contributed by atoms with van der Waals surface area (Å²) in [5, 5.41) is 2.40. The van der Waals surface area contributed by atoms with Gasteiger partial charge in [-0.05, 0) is 28.8 Å². The van der Waals surface area contributed by atoms with E-state index in [0.29, 0.717) is 5.82 Å². The molecule has 0 radical (unpaired) electrons. The number of rotatable bonds is 7. The average molecular weight is 703 g/mol. The minimum absolute atomic E-state index is 0.701. The SMILES string of the molecule is c1ccc(-c2cc(-c3ccc(-c4ccncc4-n4c5c(-c6ccccc6)cccc5c5cccc(-c6ccccc6)c54)cc3)nc(-c3ccccc3)n2)cc1. The van der Waals surface area contributed by atoms with Crippen LogP contribution in [0.4, 0.5) is 0 Å². The van der Waals surface area contributed by atoms with Crippen LogP contribution >= 0.6 is 0 Å². The van der Waals surface area contributed by atoms with Gasteiger partial charge in [-0.25, -0.2) is 9.97 Å². The number of nitrogens with zero attached hydrogens (tertiary/aromatic N) is 4. The molecule has 3 heterocycles. The van der Waals surface area contributed by atoms with Crippen LogP contribution in [0.1, 0.15) is 0 Å². The summed E-state index contributed by atoms with van der Waals surface area (Å²) in [7, 11) is 0. The summed E-state index contributed by atoms with van der Waals surface area (Å²) in [6.07, 6.45) is 3.90. The van der Waals surface area contributed by atoms with Crippen LogP contribution in [0.25, 0.3) is 94.8 Å². The fourth-order valence-corrected chi connectivity index (χ4v) is 7.75. The number of pyridine rings is 1. The molecule has 0 bridgehead atoms. The standard InChI is InChI=1S/C51H34N4/c1-5-15-35(16-6-1)42-23-13-25-44-45-26-14-24-43(36-17-7-2-8-18-36)50(45)55(49(42)44)48-34-52-32-31-41(48)37-27-29-39(30-28-37)47-33-46(38-19-9-3-10-20-38)53-51(54-47)40-21-11-4-12-22-40/h1-34H. The highest BCUT2D eigenvalue weighted by Gasteiger charge is 2.22. The van der Waals surface area contributed by atoms with E-state index in [1.165, 1.54) is 33.0 Å². The fraction of sp³-hybridized carbons (Fsp3) is 0. The number of fused-ring (bicyclic) bond motifs is 3. The Balaban J connectivity index is 1.17. The van der Waals surface area contributed by atoms with E-state index in [9.17, 15) is 0 Å². The van der Waals surface area contributed by atoms with E-state index in [2.05, 4.69) is 162 Å². The van der Waals surface area contributed by atoms with Crippen molar-refractivity contribution in [3.05, 3.63) is 207 Å². The molecule has 0 amide bonds. The molecule has 0 saturated carbocycles. The van der Waals surface area contributed by atoms with Crippen molar-refractivity contribution in [2.75, 3.05) is 0 Å². The van der Waals surface area contributed by atoms with Crippen LogP contribution in [-0.2, 0) is 0 Å². The van der Waals surface area contributed by atoms with Gasteiger partial charge in [0.05, 0.1) is 34.3 Å². The molecule has 10 rings (SSSR count). The van der Waals surface area contributed by atoms with Crippen LogP contribution in [0.3, 0.4) is 0 Å². The molecule has 0 saturated heterocycles. The van der Waals surface area contributed by atoms with Gasteiger partial charge in [-0.15, -0.1) is 0 Å². The van der Waals surface area contributed by atoms with E-state index >= 15 is 0 Å². The number of para-hydroxylation sites is 2. The minimum atomic E-state index is 0.701. The average Bonchev–Trinajstić information content (AvgIpc) is 3.62. The quantitative estimate of drug-likeness (QED) is 0.166. The lowest BCUT2D eigenvalue weighted by molar-refractivity contribution is 1.14. The molecular formula is C51H34N4. The maximum atomic E-state index is 5.08. The van der Waals surface area contributed by atoms with Crippen LogP contribution in [0.2, 0.25) is 0 Å². The maximum absolute atomic E-state index is 5.08. The van der Waals surface area contributed by atoms with Gasteiger partial charge in [0.15, 0.2) is 5.82 Å². The van der Waals surface area contributed by atoms with Gasteiger partial charge in [0.25, 0.3) is 0 Å². The van der Waals surface area contributed by atoms with Gasteiger partial charge in [-0.1, -0.05) is 182 Å². The van der Waals surface area contributed by atoms with E-state index in [1.54, 1.807) is 0 Å². The van der Waals surface area contributed by atoms with Gasteiger partial charge >= 0.3 is 0 Å². The van der Waals surface area contributed by atoms with Crippen molar-refractivity contribution < 1.29 is 0 Å². The third-order valence-corrected chi connectivity index (χ3v) is 10.3. The van der Waals surface area contributed by atoms with Gasteiger partial charge < -0.3 is 4.57 Å². The Morgan fingerprint density at radius 3 is 1.31 bits per heavy atom. The number of benzene rings is 7. The lowest BCUT2D eigenvalue weighted by Crippen LogP contribution is -2.00. The van der Waals surface area contributed by atoms with Crippen molar-refractivity contribution in [3.63, 3.8) is 0 Å². The summed E-state index contributed by atoms with van der Waals surface area (Å²) < 4.78 is 2.44. The molecule has 0 atom stereocenters. The highest BCUT2D eigenvalue weighted by atomic mass is 15.0. The zero-order valence-corrected chi connectivity index (χ0v) is 29.9. The van der Waals surface area contributed by atoms with Gasteiger partial charge in [-0.2, -0.15) is 0 Å². The molecule has 10 aromatic rings. The molecule has 3 aromatic heterocycles. The Morgan fingerprint density at radius 1 is 0.345 bits per heavy atom. The van der Waals surface area contributed by atoms with Crippen LogP contribution in [-0.4, -0.2) is 19.5 Å². The molecule has 0 aliphatic heterocycles. The van der Waals surface area contributed by atoms with Gasteiger partial charge in [0.1, 0.15) is 0 Å². The summed E-state index contributed by atoms with van der Waals surface area (Å²) in [5.41, 5.74) is 15.0. The zero-order valence-electron chi connectivity index (χ0n) is 29.9. The highest BCUT2D eigenvalue weighted by molar-refractivity contribution is 6.17. The third kappa shape index (κ3) is 5.87. The van der Waals surface area contributed by atoms with Gasteiger partial charge in [0.2, 0.25) is 0 Å². The van der Waals surface area contributed by atoms with E-state index in [1.807, 2.05) is 48.8 Å². The van der Waals surface area contributed by atoms with Crippen molar-refractivity contribution in [1.29, 1.82) is 0 Å². The fourth-order valence-electron chi connectivity index (χ4n) is 7.75. The topological polar surface area (TPSA) is 43.6 Å². The van der Waals surface area contributed by atoms with Crippen molar-refractivity contribution in [3.8, 4) is 73.0 Å². The van der Waals surface area contributed by atoms with Crippen molar-refractivity contribution in [2.24, 2.45) is 0 Å². The van der Waals surface area contributed by atoms with Gasteiger partial charge in [-0.3, -0.25) is 4.98 Å². The normalized spacial score (nSPS) is 11.3. The second-order valence-corrected chi connectivity index (χ2v) is 13.6. The molecule has 258 valence electrons. The van der Waals surface area contributed by atoms with Crippen LogP contribution in [0, 0.1) is 0 Å². The predicted octanol–water partition coefficient (Wildman–Crippen LogP) is 13.0. The Morgan fingerprint density at radius 2 is 0.782 bits per heavy atom. The minimum Gasteiger partial charge on any atom is -0.306 e. The summed E-state index contributed by atoms with van der Waals surface area (Å²) in [6, 6.07) is 68.1. The van der Waals surface area contributed by atoms with E-state index in [-0.39, 0.29) is 0 Å². The Labute approximate surface area is 319 Å². The summed E-state index contributed by atoms with van der Waals surface area (Å²) in [6.45, 7) is 0. The van der Waals surface area contributed by atoms with Crippen molar-refractivity contribution >= 4 is 21.8 Å². The first kappa shape index (κ1) is 32.2. The lowest BCUT2D eigenvalue weighted by Gasteiger charge is -2.17. The maximum Gasteiger partial charge on any atom is 0.160 e. The summed E-state index contributed by atoms with van der Waals surface area (Å²) in [4.78, 5) is 14.8. The smallest absolute Gasteiger partial charge is 0.160 e. The second-order valence-electron chi connectivity index (χ2n) is 13.6.